The van der Waals surface area contributed by atoms with Gasteiger partial charge in [-0.1, -0.05) is 17.4 Å². The van der Waals surface area contributed by atoms with Crippen molar-refractivity contribution in [2.75, 3.05) is 13.2 Å². The number of fused-ring (bicyclic) bond motifs is 1. The highest BCUT2D eigenvalue weighted by atomic mass is 32.1. The van der Waals surface area contributed by atoms with E-state index in [1.165, 1.54) is 0 Å². The van der Waals surface area contributed by atoms with Crippen LogP contribution < -0.4 is 5.32 Å². The molecule has 0 saturated carbocycles. The predicted molar refractivity (Wildman–Crippen MR) is 68.5 cm³/mol. The Morgan fingerprint density at radius 2 is 2.50 bits per heavy atom. The molecule has 1 saturated heterocycles. The standard InChI is InChI=1S/C11H15N5OS/c1-2-5-12-7-9-15-16-10(8-4-3-6-17-8)13-14-11(16)18-9/h2,8,12H,1,3-7H2. The molecule has 0 bridgehead atoms. The Morgan fingerprint density at radius 3 is 3.28 bits per heavy atom. The average molecular weight is 265 g/mol. The van der Waals surface area contributed by atoms with Gasteiger partial charge in [-0.15, -0.1) is 16.8 Å². The molecule has 0 amide bonds. The number of hydrogen-bond acceptors (Lipinski definition) is 6. The maximum Gasteiger partial charge on any atom is 0.234 e. The van der Waals surface area contributed by atoms with Gasteiger partial charge in [0, 0.05) is 19.7 Å². The second-order valence-corrected chi connectivity index (χ2v) is 5.21. The Morgan fingerprint density at radius 1 is 1.56 bits per heavy atom. The minimum atomic E-state index is 0.0519. The highest BCUT2D eigenvalue weighted by Gasteiger charge is 2.24. The number of hydrogen-bond donors (Lipinski definition) is 1. The van der Waals surface area contributed by atoms with Crippen molar-refractivity contribution in [3.05, 3.63) is 23.5 Å². The van der Waals surface area contributed by atoms with Gasteiger partial charge in [-0.3, -0.25) is 0 Å². The molecule has 1 aliphatic rings. The topological polar surface area (TPSA) is 64.3 Å². The lowest BCUT2D eigenvalue weighted by Gasteiger charge is -2.04. The molecule has 2 aromatic rings. The minimum absolute atomic E-state index is 0.0519. The second-order valence-electron chi connectivity index (χ2n) is 4.17. The molecule has 3 heterocycles. The lowest BCUT2D eigenvalue weighted by Crippen LogP contribution is -2.13. The van der Waals surface area contributed by atoms with Crippen molar-refractivity contribution in [2.45, 2.75) is 25.5 Å². The Kier molecular flexibility index (Phi) is 3.35. The zero-order chi connectivity index (χ0) is 12.4. The summed E-state index contributed by atoms with van der Waals surface area (Å²) in [6.45, 7) is 5.97. The van der Waals surface area contributed by atoms with Gasteiger partial charge in [-0.2, -0.15) is 9.61 Å². The van der Waals surface area contributed by atoms with Crippen LogP contribution in [0.3, 0.4) is 0 Å². The number of aromatic nitrogens is 4. The van der Waals surface area contributed by atoms with Gasteiger partial charge in [0.15, 0.2) is 5.82 Å². The molecule has 0 radical (unpaired) electrons. The first-order valence-corrected chi connectivity index (χ1v) is 6.84. The van der Waals surface area contributed by atoms with E-state index in [4.69, 9.17) is 4.74 Å². The molecule has 0 aliphatic carbocycles. The normalized spacial score (nSPS) is 19.7. The molecule has 0 aromatic carbocycles. The van der Waals surface area contributed by atoms with Crippen LogP contribution in [-0.2, 0) is 11.3 Å². The summed E-state index contributed by atoms with van der Waals surface area (Å²) in [6.07, 6.45) is 3.97. The van der Waals surface area contributed by atoms with Crippen LogP contribution in [0.1, 0.15) is 29.8 Å². The maximum atomic E-state index is 5.63. The Bertz CT molecular complexity index is 543. The van der Waals surface area contributed by atoms with E-state index < -0.39 is 0 Å². The first-order valence-electron chi connectivity index (χ1n) is 6.02. The molecular weight excluding hydrogens is 250 g/mol. The van der Waals surface area contributed by atoms with E-state index in [-0.39, 0.29) is 6.10 Å². The summed E-state index contributed by atoms with van der Waals surface area (Å²) in [7, 11) is 0. The first kappa shape index (κ1) is 11.8. The largest absolute Gasteiger partial charge is 0.370 e. The molecule has 18 heavy (non-hydrogen) atoms. The Labute approximate surface area is 109 Å². The highest BCUT2D eigenvalue weighted by molar-refractivity contribution is 7.16. The molecule has 1 aliphatic heterocycles. The smallest absolute Gasteiger partial charge is 0.234 e. The first-order chi connectivity index (χ1) is 8.88. The van der Waals surface area contributed by atoms with Crippen molar-refractivity contribution in [1.29, 1.82) is 0 Å². The fourth-order valence-corrected chi connectivity index (χ4v) is 2.82. The predicted octanol–water partition coefficient (Wildman–Crippen LogP) is 1.31. The average Bonchev–Trinajstić information content (AvgIpc) is 3.03. The molecule has 3 rings (SSSR count). The van der Waals surface area contributed by atoms with Crippen LogP contribution in [0.25, 0.3) is 4.96 Å². The molecule has 1 N–H and O–H groups in total. The van der Waals surface area contributed by atoms with Crippen LogP contribution in [0.15, 0.2) is 12.7 Å². The third kappa shape index (κ3) is 2.16. The van der Waals surface area contributed by atoms with Crippen molar-refractivity contribution in [3.8, 4) is 0 Å². The van der Waals surface area contributed by atoms with Gasteiger partial charge >= 0.3 is 0 Å². The highest BCUT2D eigenvalue weighted by Crippen LogP contribution is 2.28. The van der Waals surface area contributed by atoms with Crippen LogP contribution in [0, 0.1) is 0 Å². The Hall–Kier alpha value is -1.31. The van der Waals surface area contributed by atoms with E-state index in [0.29, 0.717) is 0 Å². The van der Waals surface area contributed by atoms with Crippen LogP contribution in [0.2, 0.25) is 0 Å². The molecule has 1 fully saturated rings. The monoisotopic (exact) mass is 265 g/mol. The van der Waals surface area contributed by atoms with Gasteiger partial charge in [0.05, 0.1) is 0 Å². The molecule has 2 aromatic heterocycles. The fourth-order valence-electron chi connectivity index (χ4n) is 2.01. The minimum Gasteiger partial charge on any atom is -0.370 e. The van der Waals surface area contributed by atoms with E-state index in [0.717, 1.165) is 48.3 Å². The number of ether oxygens (including phenoxy) is 1. The summed E-state index contributed by atoms with van der Waals surface area (Å²) >= 11 is 1.55. The van der Waals surface area contributed by atoms with Gasteiger partial charge in [-0.25, -0.2) is 0 Å². The van der Waals surface area contributed by atoms with E-state index in [1.807, 2.05) is 10.6 Å². The number of rotatable bonds is 5. The Balaban J connectivity index is 1.81. The van der Waals surface area contributed by atoms with Crippen molar-refractivity contribution in [1.82, 2.24) is 25.1 Å². The molecule has 96 valence electrons. The van der Waals surface area contributed by atoms with Crippen LogP contribution >= 0.6 is 11.3 Å². The summed E-state index contributed by atoms with van der Waals surface area (Å²) in [5, 5.41) is 17.1. The fraction of sp³-hybridized carbons (Fsp3) is 0.545. The number of nitrogens with zero attached hydrogens (tertiary/aromatic N) is 4. The molecule has 0 spiro atoms. The molecule has 1 unspecified atom stereocenters. The van der Waals surface area contributed by atoms with E-state index >= 15 is 0 Å². The molecular formula is C11H15N5OS. The third-order valence-electron chi connectivity index (χ3n) is 2.84. The van der Waals surface area contributed by atoms with Gasteiger partial charge in [0.1, 0.15) is 11.1 Å². The summed E-state index contributed by atoms with van der Waals surface area (Å²) in [6, 6.07) is 0. The van der Waals surface area contributed by atoms with Gasteiger partial charge in [0.2, 0.25) is 4.96 Å². The van der Waals surface area contributed by atoms with Crippen molar-refractivity contribution in [3.63, 3.8) is 0 Å². The summed E-state index contributed by atoms with van der Waals surface area (Å²) < 4.78 is 7.44. The maximum absolute atomic E-state index is 5.63. The quantitative estimate of drug-likeness (QED) is 0.652. The molecule has 6 nitrogen and oxygen atoms in total. The third-order valence-corrected chi connectivity index (χ3v) is 3.74. The van der Waals surface area contributed by atoms with Crippen LogP contribution in [-0.4, -0.2) is 33.0 Å². The van der Waals surface area contributed by atoms with E-state index in [1.54, 1.807) is 11.3 Å². The van der Waals surface area contributed by atoms with E-state index in [9.17, 15) is 0 Å². The van der Waals surface area contributed by atoms with Crippen molar-refractivity contribution < 1.29 is 4.74 Å². The zero-order valence-electron chi connectivity index (χ0n) is 10.0. The van der Waals surface area contributed by atoms with Crippen LogP contribution in [0.5, 0.6) is 0 Å². The SMILES string of the molecule is C=CCNCc1nn2c(C3CCCO3)nnc2s1. The lowest BCUT2D eigenvalue weighted by atomic mass is 10.2. The van der Waals surface area contributed by atoms with E-state index in [2.05, 4.69) is 27.2 Å². The summed E-state index contributed by atoms with van der Waals surface area (Å²) in [5.74, 6) is 0.828. The zero-order valence-corrected chi connectivity index (χ0v) is 10.8. The summed E-state index contributed by atoms with van der Waals surface area (Å²) in [5.41, 5.74) is 0. The van der Waals surface area contributed by atoms with Gasteiger partial charge < -0.3 is 10.1 Å². The van der Waals surface area contributed by atoms with Crippen LogP contribution in [0.4, 0.5) is 0 Å². The summed E-state index contributed by atoms with van der Waals surface area (Å²) in [4.78, 5) is 0.830. The second kappa shape index (κ2) is 5.13. The molecule has 1 atom stereocenters. The lowest BCUT2D eigenvalue weighted by molar-refractivity contribution is 0.103. The van der Waals surface area contributed by atoms with Crippen molar-refractivity contribution >= 4 is 16.3 Å². The van der Waals surface area contributed by atoms with Gasteiger partial charge in [0.25, 0.3) is 0 Å². The van der Waals surface area contributed by atoms with Crippen molar-refractivity contribution in [2.24, 2.45) is 0 Å². The number of nitrogens with one attached hydrogen (secondary N) is 1. The van der Waals surface area contributed by atoms with Gasteiger partial charge in [-0.05, 0) is 12.8 Å². The molecule has 7 heteroatoms.